The minimum absolute atomic E-state index is 0.0217. The summed E-state index contributed by atoms with van der Waals surface area (Å²) in [7, 11) is 0. The third kappa shape index (κ3) is 6.47. The van der Waals surface area contributed by atoms with E-state index < -0.39 is 17.7 Å². The number of para-hydroxylation sites is 2. The number of carbonyl (C=O) groups excluding carboxylic acids is 4. The van der Waals surface area contributed by atoms with E-state index in [1.54, 1.807) is 6.92 Å². The molecule has 1 spiro atoms. The van der Waals surface area contributed by atoms with Gasteiger partial charge in [0, 0.05) is 54.8 Å². The summed E-state index contributed by atoms with van der Waals surface area (Å²) in [5.41, 5.74) is 1.68. The Bertz CT molecular complexity index is 1690. The van der Waals surface area contributed by atoms with Gasteiger partial charge in [0.2, 0.25) is 5.91 Å². The normalized spacial score (nSPS) is 37.9. The molecule has 4 aliphatic carbocycles. The quantitative estimate of drug-likeness (QED) is 0.375. The number of fused-ring (bicyclic) bond motifs is 4. The first-order valence-corrected chi connectivity index (χ1v) is 19.4. The lowest BCUT2D eigenvalue weighted by Crippen LogP contribution is -2.54. The lowest BCUT2D eigenvalue weighted by molar-refractivity contribution is -0.207. The van der Waals surface area contributed by atoms with Crippen LogP contribution in [-0.2, 0) is 42.9 Å². The van der Waals surface area contributed by atoms with Gasteiger partial charge in [-0.2, -0.15) is 0 Å². The number of ether oxygens (including phenoxy) is 4. The van der Waals surface area contributed by atoms with E-state index in [4.69, 9.17) is 18.9 Å². The standard InChI is InChI=1S/C28H31NO5.C14H18O5/c1-18-24-23(27(31)34-18)16-19-17-28(32-14-15-33-28)13-12-22(19)25(24)26(30)29(20-8-4-2-5-9-20)21-10-6-3-7-11-21;1-6-11-10(14(18)19-6)5-7-4-8(15)2-3-9(7)12(11)13(16)17/h2-11,18-19,22-25H,12-17H2,1H3;6-7,9-12H,2-5H2,1H3,(H,16,17)/t18?,19-,22-,23-,24-,25+;6?,7-,9+,10+,11+,12-/m10/s1. The topological polar surface area (TPSA) is 146 Å². The number of anilines is 2. The fourth-order valence-electron chi connectivity index (χ4n) is 11.5. The fourth-order valence-corrected chi connectivity index (χ4v) is 11.5. The maximum absolute atomic E-state index is 14.6. The molecule has 3 aliphatic heterocycles. The van der Waals surface area contributed by atoms with E-state index in [9.17, 15) is 29.1 Å². The molecule has 9 rings (SSSR count). The molecule has 3 saturated heterocycles. The van der Waals surface area contributed by atoms with Gasteiger partial charge in [0.25, 0.3) is 0 Å². The van der Waals surface area contributed by atoms with Gasteiger partial charge in [-0.25, -0.2) is 0 Å². The summed E-state index contributed by atoms with van der Waals surface area (Å²) in [6, 6.07) is 19.6. The van der Waals surface area contributed by atoms with Gasteiger partial charge in [-0.3, -0.25) is 28.9 Å². The highest BCUT2D eigenvalue weighted by Gasteiger charge is 2.61. The number of carboxylic acids is 1. The first-order chi connectivity index (χ1) is 25.5. The van der Waals surface area contributed by atoms with Crippen molar-refractivity contribution in [3.8, 4) is 0 Å². The molecule has 0 aromatic heterocycles. The number of cyclic esters (lactones) is 2. The van der Waals surface area contributed by atoms with Gasteiger partial charge in [-0.05, 0) is 87.5 Å². The van der Waals surface area contributed by atoms with Crippen LogP contribution in [0.5, 0.6) is 0 Å². The second-order valence-corrected chi connectivity index (χ2v) is 16.3. The van der Waals surface area contributed by atoms with Crippen LogP contribution in [0.15, 0.2) is 60.7 Å². The summed E-state index contributed by atoms with van der Waals surface area (Å²) in [6.45, 7) is 4.96. The Kier molecular flexibility index (Phi) is 9.68. The van der Waals surface area contributed by atoms with Gasteiger partial charge in [-0.1, -0.05) is 36.4 Å². The molecule has 3 heterocycles. The van der Waals surface area contributed by atoms with Crippen LogP contribution in [0, 0.1) is 59.2 Å². The molecule has 4 saturated carbocycles. The highest BCUT2D eigenvalue weighted by atomic mass is 16.7. The Labute approximate surface area is 309 Å². The Morgan fingerprint density at radius 1 is 0.736 bits per heavy atom. The molecular formula is C42H49NO10. The van der Waals surface area contributed by atoms with E-state index in [0.717, 1.165) is 37.1 Å². The highest BCUT2D eigenvalue weighted by Crippen LogP contribution is 2.57. The maximum atomic E-state index is 14.6. The van der Waals surface area contributed by atoms with Crippen molar-refractivity contribution in [1.82, 2.24) is 0 Å². The number of rotatable bonds is 4. The summed E-state index contributed by atoms with van der Waals surface area (Å²) >= 11 is 0. The van der Waals surface area contributed by atoms with Gasteiger partial charge in [0.1, 0.15) is 18.0 Å². The van der Waals surface area contributed by atoms with Crippen LogP contribution in [0.3, 0.4) is 0 Å². The minimum Gasteiger partial charge on any atom is -0.481 e. The zero-order valence-corrected chi connectivity index (χ0v) is 30.3. The van der Waals surface area contributed by atoms with Crippen molar-refractivity contribution in [3.05, 3.63) is 60.7 Å². The Hall–Kier alpha value is -4.09. The number of amides is 1. The van der Waals surface area contributed by atoms with Gasteiger partial charge < -0.3 is 24.1 Å². The van der Waals surface area contributed by atoms with E-state index in [1.807, 2.05) is 72.5 Å². The van der Waals surface area contributed by atoms with Crippen molar-refractivity contribution in [2.75, 3.05) is 18.1 Å². The predicted molar refractivity (Wildman–Crippen MR) is 190 cm³/mol. The van der Waals surface area contributed by atoms with Crippen LogP contribution in [-0.4, -0.2) is 65.9 Å². The largest absolute Gasteiger partial charge is 0.481 e. The Morgan fingerprint density at radius 3 is 1.83 bits per heavy atom. The lowest BCUT2D eigenvalue weighted by atomic mass is 9.56. The van der Waals surface area contributed by atoms with E-state index in [2.05, 4.69) is 0 Å². The first kappa shape index (κ1) is 35.9. The first-order valence-electron chi connectivity index (χ1n) is 19.4. The van der Waals surface area contributed by atoms with Crippen molar-refractivity contribution in [3.63, 3.8) is 0 Å². The van der Waals surface area contributed by atoms with Gasteiger partial charge in [0.05, 0.1) is 31.0 Å². The third-order valence-corrected chi connectivity index (χ3v) is 13.6. The average molecular weight is 728 g/mol. The number of hydrogen-bond acceptors (Lipinski definition) is 9. The zero-order valence-electron chi connectivity index (χ0n) is 30.3. The summed E-state index contributed by atoms with van der Waals surface area (Å²) < 4.78 is 23.0. The lowest BCUT2D eigenvalue weighted by Gasteiger charge is -2.50. The van der Waals surface area contributed by atoms with Crippen molar-refractivity contribution >= 4 is 41.0 Å². The second kappa shape index (κ2) is 14.3. The second-order valence-electron chi connectivity index (χ2n) is 16.3. The molecule has 2 aromatic carbocycles. The number of aliphatic carboxylic acids is 1. The molecule has 0 radical (unpaired) electrons. The number of esters is 2. The molecule has 11 heteroatoms. The molecule has 11 nitrogen and oxygen atoms in total. The molecular weight excluding hydrogens is 678 g/mol. The maximum Gasteiger partial charge on any atom is 0.309 e. The molecule has 53 heavy (non-hydrogen) atoms. The van der Waals surface area contributed by atoms with Crippen LogP contribution in [0.25, 0.3) is 0 Å². The molecule has 2 unspecified atom stereocenters. The Morgan fingerprint density at radius 2 is 1.26 bits per heavy atom. The monoisotopic (exact) mass is 727 g/mol. The fraction of sp³-hybridized carbons (Fsp3) is 0.595. The number of nitrogens with zero attached hydrogens (tertiary/aromatic N) is 1. The summed E-state index contributed by atoms with van der Waals surface area (Å²) in [4.78, 5) is 64.3. The van der Waals surface area contributed by atoms with Gasteiger partial charge >= 0.3 is 17.9 Å². The summed E-state index contributed by atoms with van der Waals surface area (Å²) in [6.07, 6.45) is 4.70. The minimum atomic E-state index is -0.843. The number of carboxylic acid groups (broad SMARTS) is 1. The zero-order chi connectivity index (χ0) is 37.0. The molecule has 2 aromatic rings. The van der Waals surface area contributed by atoms with Crippen LogP contribution < -0.4 is 4.90 Å². The van der Waals surface area contributed by atoms with Crippen molar-refractivity contribution in [2.45, 2.75) is 83.2 Å². The molecule has 7 aliphatic rings. The average Bonchev–Trinajstić information content (AvgIpc) is 3.81. The van der Waals surface area contributed by atoms with E-state index in [0.29, 0.717) is 38.9 Å². The molecule has 282 valence electrons. The molecule has 12 atom stereocenters. The van der Waals surface area contributed by atoms with Crippen molar-refractivity contribution in [2.24, 2.45) is 59.2 Å². The highest BCUT2D eigenvalue weighted by molar-refractivity contribution is 6.02. The summed E-state index contributed by atoms with van der Waals surface area (Å²) in [5.74, 6) is -2.93. The van der Waals surface area contributed by atoms with Gasteiger partial charge in [0.15, 0.2) is 5.79 Å². The predicted octanol–water partition coefficient (Wildman–Crippen LogP) is 5.96. The number of carbonyl (C=O) groups is 5. The van der Waals surface area contributed by atoms with Crippen molar-refractivity contribution in [1.29, 1.82) is 0 Å². The number of hydrogen-bond donors (Lipinski definition) is 1. The Balaban J connectivity index is 0.000000178. The van der Waals surface area contributed by atoms with E-state index in [-0.39, 0.29) is 89.1 Å². The molecule has 7 fully saturated rings. The third-order valence-electron chi connectivity index (χ3n) is 13.6. The van der Waals surface area contributed by atoms with Crippen LogP contribution in [0.4, 0.5) is 11.4 Å². The number of Topliss-reactive ketones (excluding diaryl/α,β-unsaturated/α-hetero) is 1. The SMILES string of the molecule is CC1OC(=O)[C@@H]2C[C@@H]3CC(=O)CC[C@H]3[C@H](C(=O)O)[C@H]12.CC1OC(=O)[C@@H]2C[C@@H]3CC4(CC[C@H]3[C@H](C(=O)N(c3ccccc3)c3ccccc3)[C@H]12)OCCO4. The number of ketones is 1. The van der Waals surface area contributed by atoms with Crippen LogP contribution in [0.2, 0.25) is 0 Å². The van der Waals surface area contributed by atoms with Crippen LogP contribution in [0.1, 0.15) is 65.2 Å². The molecule has 1 amide bonds. The van der Waals surface area contributed by atoms with Gasteiger partial charge in [-0.15, -0.1) is 0 Å². The molecule has 1 N–H and O–H groups in total. The molecule has 0 bridgehead atoms. The van der Waals surface area contributed by atoms with E-state index >= 15 is 0 Å². The smallest absolute Gasteiger partial charge is 0.309 e. The summed E-state index contributed by atoms with van der Waals surface area (Å²) in [5, 5.41) is 9.54. The van der Waals surface area contributed by atoms with Crippen molar-refractivity contribution < 1.29 is 48.0 Å². The van der Waals surface area contributed by atoms with Crippen LogP contribution >= 0.6 is 0 Å². The number of benzene rings is 2. The van der Waals surface area contributed by atoms with E-state index in [1.165, 1.54) is 0 Å².